The average molecular weight is 343 g/mol. The van der Waals surface area contributed by atoms with Gasteiger partial charge in [-0.25, -0.2) is 0 Å². The van der Waals surface area contributed by atoms with Crippen LogP contribution in [-0.2, 0) is 4.79 Å². The van der Waals surface area contributed by atoms with Crippen LogP contribution in [0.4, 0.5) is 5.82 Å². The van der Waals surface area contributed by atoms with Gasteiger partial charge in [0.15, 0.2) is 17.3 Å². The molecule has 2 fully saturated rings. The third-order valence-electron chi connectivity index (χ3n) is 4.94. The number of methoxy groups -OCH3 is 2. The van der Waals surface area contributed by atoms with Crippen molar-refractivity contribution < 1.29 is 18.8 Å². The van der Waals surface area contributed by atoms with Crippen LogP contribution >= 0.6 is 0 Å². The van der Waals surface area contributed by atoms with Crippen LogP contribution < -0.4 is 14.4 Å². The highest BCUT2D eigenvalue weighted by atomic mass is 16.5. The fraction of sp³-hybridized carbons (Fsp3) is 0.444. The topological polar surface area (TPSA) is 68.0 Å². The summed E-state index contributed by atoms with van der Waals surface area (Å²) in [7, 11) is 3.22. The Balaban J connectivity index is 1.80. The van der Waals surface area contributed by atoms with Crippen molar-refractivity contribution in [3.05, 3.63) is 35.6 Å². The zero-order valence-corrected chi connectivity index (χ0v) is 14.6. The summed E-state index contributed by atoms with van der Waals surface area (Å²) in [6.07, 6.45) is 1.67. The Morgan fingerprint density at radius 2 is 2.00 bits per heavy atom. The molecule has 0 unspecified atom stereocenters. The number of aromatic nitrogens is 1. The highest BCUT2D eigenvalue weighted by molar-refractivity contribution is 5.99. The predicted molar refractivity (Wildman–Crippen MR) is 90.7 cm³/mol. The second-order valence-corrected chi connectivity index (χ2v) is 6.39. The van der Waals surface area contributed by atoms with Gasteiger partial charge in [-0.15, -0.1) is 0 Å². The summed E-state index contributed by atoms with van der Waals surface area (Å²) in [6.45, 7) is 2.70. The van der Waals surface area contributed by atoms with E-state index in [0.717, 1.165) is 24.9 Å². The number of aryl methyl sites for hydroxylation is 1. The molecule has 2 saturated heterocycles. The minimum absolute atomic E-state index is 0.0746. The van der Waals surface area contributed by atoms with Crippen LogP contribution in [0.15, 0.2) is 28.8 Å². The van der Waals surface area contributed by atoms with Gasteiger partial charge in [0, 0.05) is 12.6 Å². The number of hydrogen-bond acceptors (Lipinski definition) is 6. The Morgan fingerprint density at radius 1 is 1.20 bits per heavy atom. The molecule has 3 heterocycles. The summed E-state index contributed by atoms with van der Waals surface area (Å²) >= 11 is 0. The first-order valence-electron chi connectivity index (χ1n) is 8.38. The van der Waals surface area contributed by atoms with Gasteiger partial charge in [-0.2, -0.15) is 0 Å². The van der Waals surface area contributed by atoms with Gasteiger partial charge in [0.2, 0.25) is 5.91 Å². The summed E-state index contributed by atoms with van der Waals surface area (Å²) in [5.74, 6) is 2.62. The second-order valence-electron chi connectivity index (χ2n) is 6.39. The van der Waals surface area contributed by atoms with Crippen molar-refractivity contribution in [2.24, 2.45) is 0 Å². The molecule has 0 bridgehead atoms. The molecular weight excluding hydrogens is 322 g/mol. The number of ether oxygens (including phenoxy) is 2. The number of carbonyl (C=O) groups is 1. The molecule has 2 aliphatic heterocycles. The minimum atomic E-state index is -0.218. The molecule has 0 radical (unpaired) electrons. The van der Waals surface area contributed by atoms with Crippen LogP contribution in [-0.4, -0.2) is 42.8 Å². The van der Waals surface area contributed by atoms with E-state index in [9.17, 15) is 4.79 Å². The Hall–Kier alpha value is -2.54. The molecule has 4 rings (SSSR count). The first kappa shape index (κ1) is 16.0. The van der Waals surface area contributed by atoms with Gasteiger partial charge in [0.1, 0.15) is 11.9 Å². The van der Waals surface area contributed by atoms with Crippen molar-refractivity contribution in [3.8, 4) is 11.5 Å². The first-order valence-corrected chi connectivity index (χ1v) is 8.38. The van der Waals surface area contributed by atoms with Crippen LogP contribution in [0.25, 0.3) is 0 Å². The van der Waals surface area contributed by atoms with E-state index in [0.29, 0.717) is 23.1 Å². The highest BCUT2D eigenvalue weighted by Crippen LogP contribution is 2.43. The smallest absolute Gasteiger partial charge is 0.247 e. The largest absolute Gasteiger partial charge is 0.493 e. The van der Waals surface area contributed by atoms with E-state index < -0.39 is 0 Å². The van der Waals surface area contributed by atoms with Crippen LogP contribution in [0.5, 0.6) is 11.5 Å². The standard InChI is InChI=1S/C18H21N3O4/c1-11-9-16(19-25-11)21-17(20-8-4-5-13(20)18(21)22)12-6-7-14(23-2)15(10-12)24-3/h6-7,9-10,13,17H,4-5,8H2,1-3H3/t13-,17+/m0/s1. The van der Waals surface area contributed by atoms with Gasteiger partial charge in [0.25, 0.3) is 0 Å². The lowest BCUT2D eigenvalue weighted by atomic mass is 10.1. The number of nitrogens with zero attached hydrogens (tertiary/aromatic N) is 3. The molecule has 0 aliphatic carbocycles. The third kappa shape index (κ3) is 2.46. The number of benzene rings is 1. The fourth-order valence-corrected chi connectivity index (χ4v) is 3.84. The van der Waals surface area contributed by atoms with Crippen molar-refractivity contribution in [2.75, 3.05) is 25.7 Å². The number of anilines is 1. The van der Waals surface area contributed by atoms with E-state index in [2.05, 4.69) is 10.1 Å². The second kappa shape index (κ2) is 6.07. The molecule has 2 atom stereocenters. The van der Waals surface area contributed by atoms with Gasteiger partial charge in [-0.1, -0.05) is 11.2 Å². The molecule has 7 heteroatoms. The van der Waals surface area contributed by atoms with Gasteiger partial charge in [-0.05, 0) is 37.5 Å². The van der Waals surface area contributed by atoms with E-state index in [-0.39, 0.29) is 18.1 Å². The van der Waals surface area contributed by atoms with Gasteiger partial charge in [-0.3, -0.25) is 14.6 Å². The van der Waals surface area contributed by atoms with E-state index >= 15 is 0 Å². The summed E-state index contributed by atoms with van der Waals surface area (Å²) < 4.78 is 16.0. The maximum atomic E-state index is 13.0. The monoisotopic (exact) mass is 343 g/mol. The molecule has 7 nitrogen and oxygen atoms in total. The normalized spacial score (nSPS) is 23.2. The Bertz CT molecular complexity index is 803. The molecule has 25 heavy (non-hydrogen) atoms. The van der Waals surface area contributed by atoms with E-state index in [1.807, 2.05) is 25.1 Å². The highest BCUT2D eigenvalue weighted by Gasteiger charge is 2.50. The molecule has 1 amide bonds. The van der Waals surface area contributed by atoms with E-state index in [4.69, 9.17) is 14.0 Å². The molecule has 2 aromatic rings. The molecule has 0 N–H and O–H groups in total. The molecule has 1 aromatic carbocycles. The van der Waals surface area contributed by atoms with Crippen LogP contribution in [0, 0.1) is 6.92 Å². The summed E-state index contributed by atoms with van der Waals surface area (Å²) in [5, 5.41) is 4.08. The van der Waals surface area contributed by atoms with Gasteiger partial charge < -0.3 is 14.0 Å². The maximum absolute atomic E-state index is 13.0. The molecule has 0 spiro atoms. The zero-order valence-electron chi connectivity index (χ0n) is 14.6. The Morgan fingerprint density at radius 3 is 2.68 bits per heavy atom. The molecular formula is C18H21N3O4. The maximum Gasteiger partial charge on any atom is 0.247 e. The summed E-state index contributed by atoms with van der Waals surface area (Å²) in [6, 6.07) is 7.47. The molecule has 2 aliphatic rings. The van der Waals surface area contributed by atoms with Gasteiger partial charge >= 0.3 is 0 Å². The number of hydrogen-bond donors (Lipinski definition) is 0. The van der Waals surface area contributed by atoms with Crippen LogP contribution in [0.1, 0.15) is 30.3 Å². The lowest BCUT2D eigenvalue weighted by molar-refractivity contribution is -0.119. The number of rotatable bonds is 4. The first-order chi connectivity index (χ1) is 12.1. The van der Waals surface area contributed by atoms with Crippen molar-refractivity contribution in [1.82, 2.24) is 10.1 Å². The SMILES string of the molecule is COc1ccc([C@H]2N(c3cc(C)on3)C(=O)[C@@H]3CCCN32)cc1OC. The van der Waals surface area contributed by atoms with E-state index in [1.165, 1.54) is 0 Å². The Kier molecular flexibility index (Phi) is 3.88. The minimum Gasteiger partial charge on any atom is -0.493 e. The summed E-state index contributed by atoms with van der Waals surface area (Å²) in [4.78, 5) is 17.0. The molecule has 1 aromatic heterocycles. The van der Waals surface area contributed by atoms with Crippen LogP contribution in [0.2, 0.25) is 0 Å². The fourth-order valence-electron chi connectivity index (χ4n) is 3.84. The van der Waals surface area contributed by atoms with Crippen molar-refractivity contribution >= 4 is 11.7 Å². The van der Waals surface area contributed by atoms with Crippen LogP contribution in [0.3, 0.4) is 0 Å². The average Bonchev–Trinajstić information content (AvgIpc) is 3.32. The third-order valence-corrected chi connectivity index (χ3v) is 4.94. The van der Waals surface area contributed by atoms with Crippen molar-refractivity contribution in [2.45, 2.75) is 32.0 Å². The van der Waals surface area contributed by atoms with Gasteiger partial charge in [0.05, 0.1) is 20.3 Å². The number of amides is 1. The Labute approximate surface area is 146 Å². The zero-order chi connectivity index (χ0) is 17.6. The quantitative estimate of drug-likeness (QED) is 0.850. The van der Waals surface area contributed by atoms with E-state index in [1.54, 1.807) is 25.2 Å². The lowest BCUT2D eigenvalue weighted by Gasteiger charge is -2.28. The molecule has 132 valence electrons. The lowest BCUT2D eigenvalue weighted by Crippen LogP contribution is -2.32. The van der Waals surface area contributed by atoms with Crippen molar-refractivity contribution in [3.63, 3.8) is 0 Å². The molecule has 0 saturated carbocycles. The summed E-state index contributed by atoms with van der Waals surface area (Å²) in [5.41, 5.74) is 0.969. The predicted octanol–water partition coefficient (Wildman–Crippen LogP) is 2.51. The number of fused-ring (bicyclic) bond motifs is 1. The number of carbonyl (C=O) groups excluding carboxylic acids is 1. The van der Waals surface area contributed by atoms with Crippen molar-refractivity contribution in [1.29, 1.82) is 0 Å².